The van der Waals surface area contributed by atoms with Gasteiger partial charge in [0.25, 0.3) is 5.91 Å². The molecule has 0 saturated carbocycles. The molecule has 61 heavy (non-hydrogen) atoms. The first-order valence-electron chi connectivity index (χ1n) is 21.5. The Morgan fingerprint density at radius 3 is 2.64 bits per heavy atom. The second-order valence-corrected chi connectivity index (χ2v) is 18.7. The molecule has 0 radical (unpaired) electrons. The standard InChI is InChI=1S/C45H61N9O6S/c1-10-53-36-16-15-28-19-31(36)32(40(53)30-13-11-17-47-38(30)27(4)59-9)21-45(5,6)25-60-43(57)33-14-12-18-54(50-33)42(56)34(20-37-48-35(28)24-61-37)49-41(55)39(26(2)3)51(8)44(58)52-22-29(23-52)46-7/h11,13,15-17,19,24,26-27,29,33-34,39,46,50H,10,12,14,18,20-23,25H2,1-9H3,(H,49,55)/t27?,33-,34?,39?/m0/s1. The molecule has 0 aliphatic carbocycles. The molecule has 2 saturated heterocycles. The van der Waals surface area contributed by atoms with Crippen LogP contribution in [-0.4, -0.2) is 125 Å². The van der Waals surface area contributed by atoms with Crippen LogP contribution in [0.4, 0.5) is 4.79 Å². The Morgan fingerprint density at radius 2 is 1.93 bits per heavy atom. The van der Waals surface area contributed by atoms with Crippen molar-refractivity contribution < 1.29 is 28.7 Å². The van der Waals surface area contributed by atoms with Crippen molar-refractivity contribution in [1.82, 2.24) is 45.4 Å². The average Bonchev–Trinajstić information content (AvgIpc) is 3.82. The fourth-order valence-corrected chi connectivity index (χ4v) is 9.76. The number of nitrogens with zero attached hydrogens (tertiary/aromatic N) is 6. The Balaban J connectivity index is 1.29. The van der Waals surface area contributed by atoms with Crippen LogP contribution in [0.2, 0.25) is 0 Å². The minimum Gasteiger partial charge on any atom is -0.464 e. The number of benzene rings is 1. The number of cyclic esters (lactones) is 1. The van der Waals surface area contributed by atoms with E-state index in [0.717, 1.165) is 44.7 Å². The van der Waals surface area contributed by atoms with E-state index in [1.165, 1.54) is 21.2 Å². The highest BCUT2D eigenvalue weighted by Crippen LogP contribution is 2.42. The number of thiazole rings is 1. The molecule has 3 unspecified atom stereocenters. The number of hydrogen-bond donors (Lipinski definition) is 3. The van der Waals surface area contributed by atoms with Crippen LogP contribution in [0.5, 0.6) is 0 Å². The van der Waals surface area contributed by atoms with Gasteiger partial charge in [0, 0.05) is 91.8 Å². The van der Waals surface area contributed by atoms with Crippen molar-refractivity contribution >= 4 is 46.1 Å². The number of rotatable bonds is 9. The van der Waals surface area contributed by atoms with Gasteiger partial charge in [0.15, 0.2) is 0 Å². The molecule has 3 N–H and O–H groups in total. The Kier molecular flexibility index (Phi) is 13.2. The third-order valence-corrected chi connectivity index (χ3v) is 13.2. The number of carbonyl (C=O) groups is 4. The quantitative estimate of drug-likeness (QED) is 0.191. The van der Waals surface area contributed by atoms with Gasteiger partial charge in [0.05, 0.1) is 34.8 Å². The predicted octanol–water partition coefficient (Wildman–Crippen LogP) is 5.18. The largest absolute Gasteiger partial charge is 0.464 e. The maximum atomic E-state index is 14.5. The van der Waals surface area contributed by atoms with Gasteiger partial charge < -0.3 is 34.5 Å². The highest BCUT2D eigenvalue weighted by atomic mass is 32.1. The number of carbonyl (C=O) groups excluding carboxylic acids is 4. The minimum absolute atomic E-state index is 0.112. The van der Waals surface area contributed by atoms with Crippen molar-refractivity contribution in [2.45, 2.75) is 104 Å². The molecule has 16 heteroatoms. The molecular formula is C45H61N9O6S. The molecule has 3 aliphatic rings. The number of fused-ring (bicyclic) bond motifs is 6. The first-order valence-corrected chi connectivity index (χ1v) is 22.3. The number of aryl methyl sites for hydroxylation is 1. The third kappa shape index (κ3) is 9.04. The van der Waals surface area contributed by atoms with Gasteiger partial charge in [-0.05, 0) is 75.9 Å². The Labute approximate surface area is 362 Å². The second kappa shape index (κ2) is 18.2. The summed E-state index contributed by atoms with van der Waals surface area (Å²) in [5.74, 6) is -1.51. The van der Waals surface area contributed by atoms with E-state index in [-0.39, 0.29) is 37.1 Å². The van der Waals surface area contributed by atoms with Crippen LogP contribution in [0, 0.1) is 11.3 Å². The Bertz CT molecular complexity index is 2260. The zero-order valence-corrected chi connectivity index (χ0v) is 37.7. The monoisotopic (exact) mass is 855 g/mol. The molecule has 0 spiro atoms. The van der Waals surface area contributed by atoms with Gasteiger partial charge in [-0.1, -0.05) is 33.8 Å². The molecule has 15 nitrogen and oxygen atoms in total. The maximum absolute atomic E-state index is 14.5. The summed E-state index contributed by atoms with van der Waals surface area (Å²) in [6.07, 6.45) is 3.30. The summed E-state index contributed by atoms with van der Waals surface area (Å²) < 4.78 is 14.2. The van der Waals surface area contributed by atoms with Gasteiger partial charge in [-0.2, -0.15) is 0 Å². The highest BCUT2D eigenvalue weighted by molar-refractivity contribution is 7.10. The predicted molar refractivity (Wildman–Crippen MR) is 236 cm³/mol. The number of methoxy groups -OCH3 is 1. The van der Waals surface area contributed by atoms with E-state index in [4.69, 9.17) is 19.4 Å². The highest BCUT2D eigenvalue weighted by Gasteiger charge is 2.40. The van der Waals surface area contributed by atoms with Crippen molar-refractivity contribution in [2.24, 2.45) is 11.3 Å². The molecule has 3 aliphatic heterocycles. The molecule has 7 rings (SSSR count). The summed E-state index contributed by atoms with van der Waals surface area (Å²) in [4.78, 5) is 69.2. The smallest absolute Gasteiger partial charge is 0.324 e. The average molecular weight is 856 g/mol. The van der Waals surface area contributed by atoms with Gasteiger partial charge in [-0.25, -0.2) is 15.2 Å². The molecule has 6 bridgehead atoms. The summed E-state index contributed by atoms with van der Waals surface area (Å²) in [5.41, 5.74) is 9.38. The summed E-state index contributed by atoms with van der Waals surface area (Å²) in [7, 11) is 5.19. The molecule has 4 amide bonds. The van der Waals surface area contributed by atoms with E-state index in [2.05, 4.69) is 65.7 Å². The van der Waals surface area contributed by atoms with Crippen LogP contribution in [0.15, 0.2) is 41.9 Å². The van der Waals surface area contributed by atoms with E-state index in [9.17, 15) is 19.2 Å². The number of likely N-dealkylation sites (N-methyl/N-ethyl adjacent to an activating group) is 2. The number of pyridine rings is 1. The van der Waals surface area contributed by atoms with Crippen molar-refractivity contribution in [3.05, 3.63) is 58.2 Å². The molecule has 2 fully saturated rings. The van der Waals surface area contributed by atoms with E-state index < -0.39 is 41.3 Å². The minimum atomic E-state index is -1.03. The molecule has 4 atom stereocenters. The first kappa shape index (κ1) is 44.2. The first-order chi connectivity index (χ1) is 29.1. The summed E-state index contributed by atoms with van der Waals surface area (Å²) in [6.45, 7) is 14.4. The van der Waals surface area contributed by atoms with Gasteiger partial charge in [0.2, 0.25) is 5.91 Å². The van der Waals surface area contributed by atoms with E-state index in [0.29, 0.717) is 50.4 Å². The number of hydrazine groups is 1. The van der Waals surface area contributed by atoms with Crippen LogP contribution in [-0.2, 0) is 43.2 Å². The third-order valence-electron chi connectivity index (χ3n) is 12.3. The van der Waals surface area contributed by atoms with Crippen LogP contribution >= 0.6 is 11.3 Å². The fraction of sp³-hybridized carbons (Fsp3) is 0.556. The normalized spacial score (nSPS) is 20.8. The molecule has 328 valence electrons. The number of esters is 1. The zero-order chi connectivity index (χ0) is 43.7. The van der Waals surface area contributed by atoms with Gasteiger partial charge in [0.1, 0.15) is 18.1 Å². The molecule has 4 aromatic rings. The van der Waals surface area contributed by atoms with Crippen LogP contribution < -0.4 is 16.1 Å². The number of likely N-dealkylation sites (tertiary alicyclic amines) is 1. The summed E-state index contributed by atoms with van der Waals surface area (Å²) in [5, 5.41) is 11.4. The molecule has 1 aromatic carbocycles. The molecule has 3 aromatic heterocycles. The SMILES string of the molecule is CCn1c(-c2cccnc2C(C)OC)c2c3cc(ccc31)-c1csc(n1)CC(NC(=O)C(C(C)C)N(C)C(=O)N1CC(NC)C1)C(=O)N1CCC[C@H](N1)C(=O)OCC(C)(C)C2. The van der Waals surface area contributed by atoms with Gasteiger partial charge in [-0.3, -0.25) is 24.4 Å². The number of aromatic nitrogens is 3. The maximum Gasteiger partial charge on any atom is 0.324 e. The lowest BCUT2D eigenvalue weighted by Gasteiger charge is -2.43. The van der Waals surface area contributed by atoms with Crippen molar-refractivity contribution in [3.63, 3.8) is 0 Å². The van der Waals surface area contributed by atoms with Gasteiger partial charge in [-0.15, -0.1) is 11.3 Å². The summed E-state index contributed by atoms with van der Waals surface area (Å²) in [6, 6.07) is 7.79. The van der Waals surface area contributed by atoms with Crippen LogP contribution in [0.25, 0.3) is 33.4 Å². The summed E-state index contributed by atoms with van der Waals surface area (Å²) >= 11 is 1.43. The fourth-order valence-electron chi connectivity index (χ4n) is 8.91. The lowest BCUT2D eigenvalue weighted by Crippen LogP contribution is -2.65. The van der Waals surface area contributed by atoms with Crippen molar-refractivity contribution in [3.8, 4) is 22.5 Å². The number of urea groups is 1. The lowest BCUT2D eigenvalue weighted by molar-refractivity contribution is -0.155. The lowest BCUT2D eigenvalue weighted by atomic mass is 9.84. The molecule has 6 heterocycles. The molecular weight excluding hydrogens is 795 g/mol. The van der Waals surface area contributed by atoms with Crippen molar-refractivity contribution in [2.75, 3.05) is 47.4 Å². The van der Waals surface area contributed by atoms with Crippen LogP contribution in [0.1, 0.15) is 76.8 Å². The second-order valence-electron chi connectivity index (χ2n) is 17.7. The Morgan fingerprint density at radius 1 is 1.16 bits per heavy atom. The van der Waals surface area contributed by atoms with E-state index >= 15 is 0 Å². The number of amides is 4. The zero-order valence-electron chi connectivity index (χ0n) is 36.9. The van der Waals surface area contributed by atoms with Crippen LogP contribution in [0.3, 0.4) is 0 Å². The number of hydrogen-bond acceptors (Lipinski definition) is 11. The van der Waals surface area contributed by atoms with E-state index in [1.807, 2.05) is 39.3 Å². The van der Waals surface area contributed by atoms with Crippen molar-refractivity contribution in [1.29, 1.82) is 0 Å². The van der Waals surface area contributed by atoms with E-state index in [1.54, 1.807) is 25.3 Å². The Hall–Kier alpha value is -4.90. The number of ether oxygens (including phenoxy) is 2. The number of nitrogens with one attached hydrogen (secondary N) is 3. The van der Waals surface area contributed by atoms with Gasteiger partial charge >= 0.3 is 12.0 Å². The topological polar surface area (TPSA) is 163 Å².